The normalized spacial score (nSPS) is 8.45. The maximum atomic E-state index is 5.61. The van der Waals surface area contributed by atoms with Gasteiger partial charge in [0.15, 0.2) is 0 Å². The Labute approximate surface area is 80.0 Å². The smallest absolute Gasteiger partial charge is 0.0778 e. The van der Waals surface area contributed by atoms with E-state index in [4.69, 9.17) is 34.8 Å². The Hall–Kier alpha value is 0.01000. The number of hydrogen-bond acceptors (Lipinski definition) is 2. The summed E-state index contributed by atoms with van der Waals surface area (Å²) < 4.78 is 0. The largest absolute Gasteiger partial charge is 0.274 e. The van der Waals surface area contributed by atoms with E-state index in [1.165, 1.54) is 0 Å². The Morgan fingerprint density at radius 3 is 1.55 bits per heavy atom. The Morgan fingerprint density at radius 2 is 1.27 bits per heavy atom. The summed E-state index contributed by atoms with van der Waals surface area (Å²) in [6.45, 7) is 0. The minimum Gasteiger partial charge on any atom is -0.274 e. The first-order chi connectivity index (χ1) is 5.22. The van der Waals surface area contributed by atoms with Crippen molar-refractivity contribution in [1.82, 2.24) is 0 Å². The molecule has 0 unspecified atom stereocenters. The number of hydrazine groups is 1. The van der Waals surface area contributed by atoms with Gasteiger partial charge in [0, 0.05) is 0 Å². The molecule has 0 aliphatic heterocycles. The molecule has 0 spiro atoms. The molecule has 0 amide bonds. The summed E-state index contributed by atoms with van der Waals surface area (Å²) in [7, 11) is 0. The summed E-state index contributed by atoms with van der Waals surface area (Å²) in [4.78, 5) is 0. The van der Waals surface area contributed by atoms with Crippen molar-refractivity contribution in [3.8, 4) is 0 Å². The van der Waals surface area contributed by atoms with Crippen molar-refractivity contribution < 1.29 is 0 Å². The quantitative estimate of drug-likeness (QED) is 0.395. The fourth-order valence-corrected chi connectivity index (χ4v) is 1.00. The maximum absolute atomic E-state index is 5.61. The number of hydrogen-bond donors (Lipinski definition) is 2. The van der Waals surface area contributed by atoms with Gasteiger partial charge in [0.05, 0.1) is 15.1 Å². The highest BCUT2D eigenvalue weighted by Gasteiger charge is 1.98. The van der Waals surface area contributed by atoms with Crippen molar-refractivity contribution in [2.24, 2.45) is 11.7 Å². The second-order valence-electron chi connectivity index (χ2n) is 1.54. The van der Waals surface area contributed by atoms with E-state index in [0.717, 1.165) is 0 Å². The van der Waals surface area contributed by atoms with Crippen LogP contribution in [0.3, 0.4) is 0 Å². The van der Waals surface area contributed by atoms with Crippen LogP contribution in [0.5, 0.6) is 0 Å². The minimum absolute atomic E-state index is 0.417. The summed E-state index contributed by atoms with van der Waals surface area (Å²) in [5.74, 6) is 8.00. The van der Waals surface area contributed by atoms with Gasteiger partial charge in [-0.1, -0.05) is 40.9 Å². The van der Waals surface area contributed by atoms with Gasteiger partial charge in [-0.3, -0.25) is 11.7 Å². The van der Waals surface area contributed by atoms with Gasteiger partial charge < -0.3 is 0 Å². The topological polar surface area (TPSA) is 52.0 Å². The zero-order valence-electron chi connectivity index (χ0n) is 5.52. The first kappa shape index (κ1) is 11.0. The molecule has 0 aliphatic rings. The highest BCUT2D eigenvalue weighted by atomic mass is 35.5. The molecule has 0 atom stereocenters. The molecule has 5 heteroatoms. The molecule has 0 aliphatic carbocycles. The van der Waals surface area contributed by atoms with Crippen LogP contribution in [0.1, 0.15) is 0 Å². The van der Waals surface area contributed by atoms with Crippen LogP contribution in [-0.4, -0.2) is 0 Å². The predicted molar refractivity (Wildman–Crippen MR) is 49.8 cm³/mol. The van der Waals surface area contributed by atoms with Crippen LogP contribution in [0.4, 0.5) is 0 Å². The molecule has 0 bridgehead atoms. The van der Waals surface area contributed by atoms with Crippen LogP contribution < -0.4 is 11.7 Å². The highest BCUT2D eigenvalue weighted by Crippen LogP contribution is 2.28. The number of benzene rings is 1. The average molecular weight is 213 g/mol. The first-order valence-electron chi connectivity index (χ1n) is 2.64. The van der Waals surface area contributed by atoms with E-state index in [0.29, 0.717) is 15.1 Å². The Kier molecular flexibility index (Phi) is 5.64. The Morgan fingerprint density at radius 1 is 0.909 bits per heavy atom. The fraction of sp³-hybridized carbons (Fsp3) is 0. The lowest BCUT2D eigenvalue weighted by Gasteiger charge is -1.94. The van der Waals surface area contributed by atoms with Crippen molar-refractivity contribution in [1.29, 1.82) is 0 Å². The third-order valence-electron chi connectivity index (χ3n) is 0.904. The summed E-state index contributed by atoms with van der Waals surface area (Å²) >= 11 is 16.8. The molecule has 0 fully saturated rings. The van der Waals surface area contributed by atoms with Gasteiger partial charge in [-0.05, 0) is 12.1 Å². The first-order valence-corrected chi connectivity index (χ1v) is 3.78. The molecule has 4 N–H and O–H groups in total. The van der Waals surface area contributed by atoms with Gasteiger partial charge in [-0.25, -0.2) is 0 Å². The third-order valence-corrected chi connectivity index (χ3v) is 2.14. The molecule has 11 heavy (non-hydrogen) atoms. The second-order valence-corrected chi connectivity index (χ2v) is 2.73. The van der Waals surface area contributed by atoms with Crippen molar-refractivity contribution in [2.75, 3.05) is 0 Å². The molecule has 0 heterocycles. The van der Waals surface area contributed by atoms with E-state index in [2.05, 4.69) is 11.7 Å². The second kappa shape index (κ2) is 5.63. The lowest BCUT2D eigenvalue weighted by atomic mass is 10.4. The zero-order valence-corrected chi connectivity index (χ0v) is 7.79. The standard InChI is InChI=1S/C6H3Cl3.H4N2/c7-4-2-1-3-5(8)6(4)9;1-2/h1-3H;1-2H2. The van der Waals surface area contributed by atoms with Gasteiger partial charge in [0.2, 0.25) is 0 Å². The van der Waals surface area contributed by atoms with Crippen molar-refractivity contribution in [3.05, 3.63) is 33.3 Å². The van der Waals surface area contributed by atoms with Gasteiger partial charge in [0.1, 0.15) is 0 Å². The summed E-state index contributed by atoms with van der Waals surface area (Å²) in [6, 6.07) is 5.13. The number of halogens is 3. The van der Waals surface area contributed by atoms with Crippen molar-refractivity contribution in [2.45, 2.75) is 0 Å². The molecule has 2 nitrogen and oxygen atoms in total. The molecule has 1 aromatic rings. The van der Waals surface area contributed by atoms with Gasteiger partial charge in [0.25, 0.3) is 0 Å². The summed E-state index contributed by atoms with van der Waals surface area (Å²) in [5, 5.41) is 1.40. The molecule has 1 aromatic carbocycles. The SMILES string of the molecule is Clc1cccc(Cl)c1Cl.NN. The molecule has 0 aromatic heterocycles. The molecule has 0 radical (unpaired) electrons. The molecule has 62 valence electrons. The van der Waals surface area contributed by atoms with Crippen LogP contribution >= 0.6 is 34.8 Å². The zero-order chi connectivity index (χ0) is 8.85. The number of rotatable bonds is 0. The van der Waals surface area contributed by atoms with Crippen molar-refractivity contribution >= 4 is 34.8 Å². The Balaban J connectivity index is 0.000000461. The van der Waals surface area contributed by atoms with E-state index in [9.17, 15) is 0 Å². The van der Waals surface area contributed by atoms with Crippen molar-refractivity contribution in [3.63, 3.8) is 0 Å². The molecule has 0 saturated heterocycles. The molecular formula is C6H7Cl3N2. The van der Waals surface area contributed by atoms with E-state index < -0.39 is 0 Å². The molecular weight excluding hydrogens is 206 g/mol. The molecule has 0 saturated carbocycles. The van der Waals surface area contributed by atoms with Crippen LogP contribution in [-0.2, 0) is 0 Å². The van der Waals surface area contributed by atoms with Crippen LogP contribution in [0.25, 0.3) is 0 Å². The molecule has 1 rings (SSSR count). The maximum Gasteiger partial charge on any atom is 0.0778 e. The monoisotopic (exact) mass is 212 g/mol. The third kappa shape index (κ3) is 3.27. The van der Waals surface area contributed by atoms with E-state index >= 15 is 0 Å². The van der Waals surface area contributed by atoms with Crippen LogP contribution in [0.2, 0.25) is 15.1 Å². The van der Waals surface area contributed by atoms with E-state index in [-0.39, 0.29) is 0 Å². The highest BCUT2D eigenvalue weighted by molar-refractivity contribution is 6.47. The lowest BCUT2D eigenvalue weighted by molar-refractivity contribution is 1.26. The predicted octanol–water partition coefficient (Wildman–Crippen LogP) is 2.47. The fourth-order valence-electron chi connectivity index (χ4n) is 0.477. The summed E-state index contributed by atoms with van der Waals surface area (Å²) in [5.41, 5.74) is 0. The van der Waals surface area contributed by atoms with E-state index in [1.54, 1.807) is 18.2 Å². The van der Waals surface area contributed by atoms with Gasteiger partial charge in [-0.15, -0.1) is 0 Å². The van der Waals surface area contributed by atoms with Crippen LogP contribution in [0.15, 0.2) is 18.2 Å². The van der Waals surface area contributed by atoms with Gasteiger partial charge in [-0.2, -0.15) is 0 Å². The minimum atomic E-state index is 0.417. The van der Waals surface area contributed by atoms with E-state index in [1.807, 2.05) is 0 Å². The lowest BCUT2D eigenvalue weighted by Crippen LogP contribution is -2.02. The summed E-state index contributed by atoms with van der Waals surface area (Å²) in [6.07, 6.45) is 0. The van der Waals surface area contributed by atoms with Gasteiger partial charge >= 0.3 is 0 Å². The number of nitrogens with two attached hydrogens (primary N) is 2. The average Bonchev–Trinajstić information content (AvgIpc) is 2.04. The van der Waals surface area contributed by atoms with Crippen LogP contribution in [0, 0.1) is 0 Å². The Bertz CT molecular complexity index is 207.